The van der Waals surface area contributed by atoms with Crippen molar-refractivity contribution in [2.45, 2.75) is 0 Å². The Balaban J connectivity index is 0.926. The van der Waals surface area contributed by atoms with Crippen molar-refractivity contribution in [1.82, 2.24) is 14.5 Å². The Labute approximate surface area is 418 Å². The van der Waals surface area contributed by atoms with E-state index in [0.717, 1.165) is 58.3 Å². The van der Waals surface area contributed by atoms with Gasteiger partial charge in [0, 0.05) is 27.6 Å². The van der Waals surface area contributed by atoms with Gasteiger partial charge in [-0.15, -0.1) is 22.7 Å². The van der Waals surface area contributed by atoms with Gasteiger partial charge in [-0.05, 0) is 145 Å². The highest BCUT2D eigenvalue weighted by Crippen LogP contribution is 2.44. The standard InChI is InChI=1S/C66H41N3S2/c1-5-16-44(17-6-1)53-38-59-63(40-55(53)46-20-9-3-10-21-46)70-65(67-59)50-29-33-61-57(36-50)58-37-51(30-34-62(58)69(61)52-31-27-43(28-32-52)49-26-25-42-15-13-14-24-48(42)35-49)66-68-60-39-54(45-18-7-2-8-19-45)56(41-64(60)71-66)47-22-11-4-12-23-47/h1-41H. The van der Waals surface area contributed by atoms with Crippen molar-refractivity contribution in [3.8, 4) is 82.5 Å². The zero-order chi connectivity index (χ0) is 46.8. The van der Waals surface area contributed by atoms with Crippen LogP contribution < -0.4 is 0 Å². The topological polar surface area (TPSA) is 30.7 Å². The summed E-state index contributed by atoms with van der Waals surface area (Å²) in [5.74, 6) is 0. The maximum Gasteiger partial charge on any atom is 0.124 e. The van der Waals surface area contributed by atoms with Gasteiger partial charge in [-0.1, -0.05) is 170 Å². The van der Waals surface area contributed by atoms with Crippen molar-refractivity contribution in [3.63, 3.8) is 0 Å². The van der Waals surface area contributed by atoms with Gasteiger partial charge < -0.3 is 4.57 Å². The number of thiazole rings is 2. The highest BCUT2D eigenvalue weighted by Gasteiger charge is 2.20. The van der Waals surface area contributed by atoms with Crippen LogP contribution >= 0.6 is 22.7 Å². The molecule has 0 radical (unpaired) electrons. The van der Waals surface area contributed by atoms with Gasteiger partial charge in [0.15, 0.2) is 0 Å². The molecule has 14 rings (SSSR count). The zero-order valence-corrected chi connectivity index (χ0v) is 40.0. The molecule has 332 valence electrons. The molecule has 0 aliphatic heterocycles. The first-order chi connectivity index (χ1) is 35.1. The van der Waals surface area contributed by atoms with Crippen LogP contribution in [0, 0.1) is 0 Å². The van der Waals surface area contributed by atoms with E-state index in [-0.39, 0.29) is 0 Å². The summed E-state index contributed by atoms with van der Waals surface area (Å²) in [4.78, 5) is 10.7. The maximum absolute atomic E-state index is 5.36. The van der Waals surface area contributed by atoms with Crippen LogP contribution in [-0.2, 0) is 0 Å². The quantitative estimate of drug-likeness (QED) is 0.152. The van der Waals surface area contributed by atoms with E-state index in [1.165, 1.54) is 77.2 Å². The molecule has 0 N–H and O–H groups in total. The van der Waals surface area contributed by atoms with Gasteiger partial charge >= 0.3 is 0 Å². The third kappa shape index (κ3) is 7.33. The van der Waals surface area contributed by atoms with Crippen molar-refractivity contribution in [3.05, 3.63) is 249 Å². The van der Waals surface area contributed by atoms with Gasteiger partial charge in [0.2, 0.25) is 0 Å². The van der Waals surface area contributed by atoms with E-state index in [4.69, 9.17) is 9.97 Å². The Hall–Kier alpha value is -8.74. The first-order valence-corrected chi connectivity index (χ1v) is 25.6. The third-order valence-electron chi connectivity index (χ3n) is 13.9. The summed E-state index contributed by atoms with van der Waals surface area (Å²) < 4.78 is 4.74. The second-order valence-corrected chi connectivity index (χ2v) is 20.2. The summed E-state index contributed by atoms with van der Waals surface area (Å²) in [5, 5.41) is 6.83. The molecule has 71 heavy (non-hydrogen) atoms. The van der Waals surface area contributed by atoms with Crippen molar-refractivity contribution < 1.29 is 0 Å². The molecule has 3 heterocycles. The number of aromatic nitrogens is 3. The monoisotopic (exact) mass is 939 g/mol. The van der Waals surface area contributed by atoms with E-state index in [1.807, 2.05) is 0 Å². The summed E-state index contributed by atoms with van der Waals surface area (Å²) in [6, 6.07) is 90.0. The normalized spacial score (nSPS) is 11.7. The molecule has 0 unspecified atom stereocenters. The first-order valence-electron chi connectivity index (χ1n) is 23.9. The predicted molar refractivity (Wildman–Crippen MR) is 303 cm³/mol. The molecular weight excluding hydrogens is 899 g/mol. The van der Waals surface area contributed by atoms with Gasteiger partial charge in [-0.2, -0.15) is 0 Å². The van der Waals surface area contributed by atoms with Crippen molar-refractivity contribution in [2.24, 2.45) is 0 Å². The van der Waals surface area contributed by atoms with Crippen LogP contribution in [0.1, 0.15) is 0 Å². The molecular formula is C66H41N3S2. The molecule has 0 aliphatic rings. The molecule has 11 aromatic carbocycles. The molecule has 0 bridgehead atoms. The summed E-state index contributed by atoms with van der Waals surface area (Å²) in [5.41, 5.74) is 19.5. The van der Waals surface area contributed by atoms with E-state index in [2.05, 4.69) is 253 Å². The van der Waals surface area contributed by atoms with E-state index >= 15 is 0 Å². The highest BCUT2D eigenvalue weighted by molar-refractivity contribution is 7.22. The smallest absolute Gasteiger partial charge is 0.124 e. The Morgan fingerprint density at radius 3 is 1.14 bits per heavy atom. The van der Waals surface area contributed by atoms with Crippen molar-refractivity contribution in [2.75, 3.05) is 0 Å². The Kier molecular flexibility index (Phi) is 9.90. The number of benzene rings is 11. The van der Waals surface area contributed by atoms with Crippen LogP contribution in [0.5, 0.6) is 0 Å². The van der Waals surface area contributed by atoms with Crippen LogP contribution in [-0.4, -0.2) is 14.5 Å². The first kappa shape index (κ1) is 41.3. The lowest BCUT2D eigenvalue weighted by Crippen LogP contribution is -1.94. The van der Waals surface area contributed by atoms with Crippen LogP contribution in [0.2, 0.25) is 0 Å². The Morgan fingerprint density at radius 2 is 0.676 bits per heavy atom. The molecule has 0 saturated heterocycles. The molecule has 0 fully saturated rings. The summed E-state index contributed by atoms with van der Waals surface area (Å²) in [6.45, 7) is 0. The second-order valence-electron chi connectivity index (χ2n) is 18.1. The van der Waals surface area contributed by atoms with Gasteiger partial charge in [0.1, 0.15) is 10.0 Å². The minimum Gasteiger partial charge on any atom is -0.309 e. The largest absolute Gasteiger partial charge is 0.309 e. The summed E-state index contributed by atoms with van der Waals surface area (Å²) >= 11 is 3.51. The van der Waals surface area contributed by atoms with E-state index < -0.39 is 0 Å². The summed E-state index contributed by atoms with van der Waals surface area (Å²) in [7, 11) is 0. The van der Waals surface area contributed by atoms with Crippen LogP contribution in [0.15, 0.2) is 249 Å². The average molecular weight is 940 g/mol. The lowest BCUT2D eigenvalue weighted by atomic mass is 9.94. The number of rotatable bonds is 8. The van der Waals surface area contributed by atoms with Crippen LogP contribution in [0.4, 0.5) is 0 Å². The van der Waals surface area contributed by atoms with Crippen molar-refractivity contribution >= 4 is 75.7 Å². The number of hydrogen-bond donors (Lipinski definition) is 0. The Bertz CT molecular complexity index is 3930. The van der Waals surface area contributed by atoms with Crippen LogP contribution in [0.3, 0.4) is 0 Å². The predicted octanol–water partition coefficient (Wildman–Crippen LogP) is 18.8. The highest BCUT2D eigenvalue weighted by atomic mass is 32.1. The maximum atomic E-state index is 5.36. The number of nitrogens with zero attached hydrogens (tertiary/aromatic N) is 3. The molecule has 14 aromatic rings. The molecule has 0 aliphatic carbocycles. The van der Waals surface area contributed by atoms with Gasteiger partial charge in [-0.25, -0.2) is 9.97 Å². The van der Waals surface area contributed by atoms with Gasteiger partial charge in [0.25, 0.3) is 0 Å². The fourth-order valence-electron chi connectivity index (χ4n) is 10.4. The SMILES string of the molecule is c1ccc(-c2cc3nc(-c4ccc5c(c4)c4cc(-c6nc7cc(-c8ccccc8)c(-c8ccccc8)cc7s6)ccc4n5-c4ccc(-c5ccc6ccccc6c5)cc4)sc3cc2-c2ccccc2)cc1. The lowest BCUT2D eigenvalue weighted by Gasteiger charge is -2.10. The molecule has 3 nitrogen and oxygen atoms in total. The number of hydrogen-bond acceptors (Lipinski definition) is 4. The Morgan fingerprint density at radius 1 is 0.282 bits per heavy atom. The molecule has 0 saturated carbocycles. The zero-order valence-electron chi connectivity index (χ0n) is 38.3. The third-order valence-corrected chi connectivity index (χ3v) is 16.0. The molecule has 0 spiro atoms. The minimum atomic E-state index is 0.998. The fraction of sp³-hybridized carbons (Fsp3) is 0. The summed E-state index contributed by atoms with van der Waals surface area (Å²) in [6.07, 6.45) is 0. The fourth-order valence-corrected chi connectivity index (χ4v) is 12.3. The molecule has 0 atom stereocenters. The van der Waals surface area contributed by atoms with Crippen molar-refractivity contribution in [1.29, 1.82) is 0 Å². The van der Waals surface area contributed by atoms with E-state index in [1.54, 1.807) is 22.7 Å². The van der Waals surface area contributed by atoms with E-state index in [9.17, 15) is 0 Å². The molecule has 3 aromatic heterocycles. The van der Waals surface area contributed by atoms with Crippen LogP contribution in [0.25, 0.3) is 135 Å². The van der Waals surface area contributed by atoms with E-state index in [0.29, 0.717) is 0 Å². The molecule has 0 amide bonds. The minimum absolute atomic E-state index is 0.998. The van der Waals surface area contributed by atoms with Gasteiger partial charge in [0.05, 0.1) is 31.5 Å². The molecule has 5 heteroatoms. The number of fused-ring (bicyclic) bond motifs is 6. The average Bonchev–Trinajstić information content (AvgIpc) is 4.16. The van der Waals surface area contributed by atoms with Gasteiger partial charge in [-0.3, -0.25) is 0 Å². The second kappa shape index (κ2) is 17.0. The lowest BCUT2D eigenvalue weighted by molar-refractivity contribution is 1.18.